The molecule has 164 valence electrons. The van der Waals surface area contributed by atoms with E-state index in [9.17, 15) is 31.2 Å². The second kappa shape index (κ2) is 8.34. The Morgan fingerprint density at radius 3 is 2.40 bits per heavy atom. The minimum absolute atomic E-state index is 0.201. The Kier molecular flexibility index (Phi) is 6.45. The van der Waals surface area contributed by atoms with Gasteiger partial charge in [-0.1, -0.05) is 6.07 Å². The summed E-state index contributed by atoms with van der Waals surface area (Å²) in [6, 6.07) is 2.02. The molecule has 0 fully saturated rings. The number of hydrogen-bond donors (Lipinski definition) is 0. The van der Waals surface area contributed by atoms with Crippen molar-refractivity contribution in [2.45, 2.75) is 24.3 Å². The first-order chi connectivity index (χ1) is 13.8. The van der Waals surface area contributed by atoms with Crippen LogP contribution in [0.25, 0.3) is 11.1 Å². The zero-order valence-electron chi connectivity index (χ0n) is 16.2. The molecule has 1 heterocycles. The van der Waals surface area contributed by atoms with E-state index in [4.69, 9.17) is 9.47 Å². The number of carbonyl (C=O) groups excluding carboxylic acids is 1. The van der Waals surface area contributed by atoms with Gasteiger partial charge in [0.25, 0.3) is 0 Å². The number of rotatable bonds is 5. The van der Waals surface area contributed by atoms with Crippen LogP contribution in [0.3, 0.4) is 0 Å². The lowest BCUT2D eigenvalue weighted by Gasteiger charge is -2.18. The number of benzene rings is 1. The van der Waals surface area contributed by atoms with E-state index in [-0.39, 0.29) is 11.1 Å². The second-order valence-electron chi connectivity index (χ2n) is 6.05. The predicted octanol–water partition coefficient (Wildman–Crippen LogP) is 2.38. The van der Waals surface area contributed by atoms with Gasteiger partial charge < -0.3 is 14.2 Å². The maximum Gasteiger partial charge on any atom is 0.511 e. The number of carbonyl (C=O) groups is 1. The molecular weight excluding hydrogens is 433 g/mol. The van der Waals surface area contributed by atoms with Crippen molar-refractivity contribution < 1.29 is 40.6 Å². The second-order valence-corrected chi connectivity index (χ2v) is 8.04. The normalized spacial score (nSPS) is 12.9. The summed E-state index contributed by atoms with van der Waals surface area (Å²) in [7, 11) is -1.83. The Bertz CT molecular complexity index is 1130. The lowest BCUT2D eigenvalue weighted by atomic mass is 10.0. The number of ether oxygens (including phenoxy) is 3. The van der Waals surface area contributed by atoms with Crippen LogP contribution in [-0.4, -0.2) is 44.0 Å². The Hall–Kier alpha value is -3.09. The Morgan fingerprint density at radius 1 is 1.23 bits per heavy atom. The SMILES string of the molecule is COC(=O)OC(C)Oc1c(-c2ccc(C(F)(F)F)cc2S(C)(=O)=O)cnn(C)c1=O. The highest BCUT2D eigenvalue weighted by atomic mass is 32.2. The van der Waals surface area contributed by atoms with Crippen molar-refractivity contribution in [3.63, 3.8) is 0 Å². The summed E-state index contributed by atoms with van der Waals surface area (Å²) in [5, 5.41) is 3.77. The van der Waals surface area contributed by atoms with Crippen LogP contribution in [0.2, 0.25) is 0 Å². The number of aromatic nitrogens is 2. The van der Waals surface area contributed by atoms with Crippen molar-refractivity contribution in [3.8, 4) is 16.9 Å². The highest BCUT2D eigenvalue weighted by molar-refractivity contribution is 7.90. The summed E-state index contributed by atoms with van der Waals surface area (Å²) >= 11 is 0. The van der Waals surface area contributed by atoms with Crippen LogP contribution in [-0.2, 0) is 32.5 Å². The summed E-state index contributed by atoms with van der Waals surface area (Å²) in [5.74, 6) is -0.478. The molecule has 1 aromatic heterocycles. The van der Waals surface area contributed by atoms with E-state index in [0.29, 0.717) is 12.1 Å². The van der Waals surface area contributed by atoms with Gasteiger partial charge in [-0.3, -0.25) is 4.79 Å². The summed E-state index contributed by atoms with van der Waals surface area (Å²) < 4.78 is 78.8. The molecule has 9 nitrogen and oxygen atoms in total. The third kappa shape index (κ3) is 5.09. The maximum atomic E-state index is 13.1. The Balaban J connectivity index is 2.71. The molecule has 0 spiro atoms. The highest BCUT2D eigenvalue weighted by Crippen LogP contribution is 2.37. The molecule has 0 radical (unpaired) electrons. The molecule has 0 amide bonds. The molecule has 1 aromatic carbocycles. The summed E-state index contributed by atoms with van der Waals surface area (Å²) in [6.07, 6.45) is -5.46. The van der Waals surface area contributed by atoms with E-state index in [0.717, 1.165) is 30.3 Å². The lowest BCUT2D eigenvalue weighted by molar-refractivity contribution is -0.137. The van der Waals surface area contributed by atoms with Crippen molar-refractivity contribution in [3.05, 3.63) is 40.3 Å². The van der Waals surface area contributed by atoms with Crippen molar-refractivity contribution in [2.24, 2.45) is 7.05 Å². The highest BCUT2D eigenvalue weighted by Gasteiger charge is 2.33. The molecule has 2 rings (SSSR count). The van der Waals surface area contributed by atoms with E-state index < -0.39 is 50.2 Å². The minimum Gasteiger partial charge on any atom is -0.448 e. The zero-order chi connectivity index (χ0) is 22.9. The van der Waals surface area contributed by atoms with E-state index in [1.165, 1.54) is 14.0 Å². The standard InChI is InChI=1S/C17H17F3N2O7S/c1-9(29-16(24)27-3)28-14-12(8-21-22(2)15(14)23)11-6-5-10(17(18,19)20)7-13(11)30(4,25)26/h5-9H,1-4H3. The monoisotopic (exact) mass is 450 g/mol. The summed E-state index contributed by atoms with van der Waals surface area (Å²) in [6.45, 7) is 1.25. The van der Waals surface area contributed by atoms with Gasteiger partial charge >= 0.3 is 17.9 Å². The van der Waals surface area contributed by atoms with Crippen LogP contribution in [0.4, 0.5) is 18.0 Å². The minimum atomic E-state index is -4.79. The van der Waals surface area contributed by atoms with Crippen molar-refractivity contribution >= 4 is 16.0 Å². The van der Waals surface area contributed by atoms with E-state index in [2.05, 4.69) is 9.84 Å². The van der Waals surface area contributed by atoms with E-state index >= 15 is 0 Å². The largest absolute Gasteiger partial charge is 0.511 e. The molecule has 0 saturated heterocycles. The fourth-order valence-corrected chi connectivity index (χ4v) is 3.34. The van der Waals surface area contributed by atoms with Crippen LogP contribution < -0.4 is 10.3 Å². The number of methoxy groups -OCH3 is 1. The van der Waals surface area contributed by atoms with Crippen molar-refractivity contribution in [1.29, 1.82) is 0 Å². The first-order valence-electron chi connectivity index (χ1n) is 8.15. The first-order valence-corrected chi connectivity index (χ1v) is 10.0. The quantitative estimate of drug-likeness (QED) is 0.504. The number of hydrogen-bond acceptors (Lipinski definition) is 8. The molecule has 30 heavy (non-hydrogen) atoms. The molecule has 1 atom stereocenters. The fraction of sp³-hybridized carbons (Fsp3) is 0.353. The number of sulfone groups is 1. The van der Waals surface area contributed by atoms with Gasteiger partial charge in [0.2, 0.25) is 6.29 Å². The first kappa shape index (κ1) is 23.2. The van der Waals surface area contributed by atoms with Crippen LogP contribution in [0.1, 0.15) is 12.5 Å². The molecule has 13 heteroatoms. The van der Waals surface area contributed by atoms with Gasteiger partial charge in [0.15, 0.2) is 15.6 Å². The average Bonchev–Trinajstić information content (AvgIpc) is 2.63. The smallest absolute Gasteiger partial charge is 0.448 e. The summed E-state index contributed by atoms with van der Waals surface area (Å²) in [4.78, 5) is 23.1. The molecule has 1 unspecified atom stereocenters. The van der Waals surface area contributed by atoms with Crippen LogP contribution in [0, 0.1) is 0 Å². The van der Waals surface area contributed by atoms with Gasteiger partial charge in [-0.15, -0.1) is 0 Å². The van der Waals surface area contributed by atoms with Crippen LogP contribution in [0.5, 0.6) is 5.75 Å². The molecular formula is C17H17F3N2O7S. The number of nitrogens with zero attached hydrogens (tertiary/aromatic N) is 2. The van der Waals surface area contributed by atoms with Crippen LogP contribution >= 0.6 is 0 Å². The molecule has 0 aliphatic heterocycles. The fourth-order valence-electron chi connectivity index (χ4n) is 2.42. The lowest BCUT2D eigenvalue weighted by Crippen LogP contribution is -2.28. The average molecular weight is 450 g/mol. The third-order valence-corrected chi connectivity index (χ3v) is 4.94. The van der Waals surface area contributed by atoms with Gasteiger partial charge in [0, 0.05) is 25.8 Å². The molecule has 2 aromatic rings. The molecule has 0 N–H and O–H groups in total. The molecule has 0 bridgehead atoms. The Labute approximate surface area is 168 Å². The van der Waals surface area contributed by atoms with Crippen LogP contribution in [0.15, 0.2) is 34.1 Å². The van der Waals surface area contributed by atoms with Crippen molar-refractivity contribution in [1.82, 2.24) is 9.78 Å². The molecule has 0 saturated carbocycles. The number of aryl methyl sites for hydroxylation is 1. The predicted molar refractivity (Wildman–Crippen MR) is 96.6 cm³/mol. The van der Waals surface area contributed by atoms with Gasteiger partial charge in [-0.2, -0.15) is 18.3 Å². The molecule has 0 aliphatic rings. The van der Waals surface area contributed by atoms with Gasteiger partial charge in [0.05, 0.1) is 29.3 Å². The van der Waals surface area contributed by atoms with Crippen molar-refractivity contribution in [2.75, 3.05) is 13.4 Å². The zero-order valence-corrected chi connectivity index (χ0v) is 17.0. The van der Waals surface area contributed by atoms with E-state index in [1.54, 1.807) is 0 Å². The molecule has 0 aliphatic carbocycles. The van der Waals surface area contributed by atoms with Gasteiger partial charge in [-0.25, -0.2) is 17.9 Å². The maximum absolute atomic E-state index is 13.1. The number of halogens is 3. The van der Waals surface area contributed by atoms with Gasteiger partial charge in [-0.05, 0) is 12.1 Å². The Morgan fingerprint density at radius 2 is 1.87 bits per heavy atom. The third-order valence-electron chi connectivity index (χ3n) is 3.80. The van der Waals surface area contributed by atoms with E-state index in [1.807, 2.05) is 0 Å². The number of alkyl halides is 3. The summed E-state index contributed by atoms with van der Waals surface area (Å²) in [5.41, 5.74) is -2.47. The topological polar surface area (TPSA) is 114 Å². The van der Waals surface area contributed by atoms with Gasteiger partial charge in [0.1, 0.15) is 0 Å².